The first-order valence-corrected chi connectivity index (χ1v) is 13.1. The lowest BCUT2D eigenvalue weighted by Gasteiger charge is -2.38. The summed E-state index contributed by atoms with van der Waals surface area (Å²) in [5.74, 6) is 5.19. The van der Waals surface area contributed by atoms with E-state index in [-0.39, 0.29) is 28.5 Å². The van der Waals surface area contributed by atoms with Crippen molar-refractivity contribution in [3.8, 4) is 11.8 Å². The van der Waals surface area contributed by atoms with Gasteiger partial charge in [-0.2, -0.15) is 0 Å². The van der Waals surface area contributed by atoms with Crippen molar-refractivity contribution in [2.45, 2.75) is 65.8 Å². The van der Waals surface area contributed by atoms with Crippen molar-refractivity contribution < 1.29 is 24.2 Å². The molecule has 186 valence electrons. The molecule has 1 aliphatic carbocycles. The fraction of sp³-hybridized carbons (Fsp3) is 0.654. The fourth-order valence-corrected chi connectivity index (χ4v) is 5.45. The minimum absolute atomic E-state index is 0.0545. The number of nitrogens with zero attached hydrogens (tertiary/aromatic N) is 2. The molecule has 0 spiro atoms. The van der Waals surface area contributed by atoms with E-state index in [1.807, 2.05) is 20.8 Å². The lowest BCUT2D eigenvalue weighted by atomic mass is 9.82. The van der Waals surface area contributed by atoms with Gasteiger partial charge < -0.3 is 14.7 Å². The van der Waals surface area contributed by atoms with Crippen LogP contribution >= 0.6 is 11.3 Å². The van der Waals surface area contributed by atoms with Crippen molar-refractivity contribution in [3.63, 3.8) is 0 Å². The summed E-state index contributed by atoms with van der Waals surface area (Å²) in [5.41, 5.74) is 0.294. The number of carboxylic acid groups (broad SMARTS) is 1. The number of amides is 2. The third kappa shape index (κ3) is 6.19. The van der Waals surface area contributed by atoms with Gasteiger partial charge in [0.2, 0.25) is 11.8 Å². The Morgan fingerprint density at radius 3 is 2.41 bits per heavy atom. The Morgan fingerprint density at radius 2 is 1.85 bits per heavy atom. The third-order valence-electron chi connectivity index (χ3n) is 6.56. The van der Waals surface area contributed by atoms with E-state index in [4.69, 9.17) is 4.74 Å². The molecule has 2 heterocycles. The number of rotatable bonds is 6. The average Bonchev–Trinajstić information content (AvgIpc) is 3.25. The summed E-state index contributed by atoms with van der Waals surface area (Å²) >= 11 is 1.07. The minimum Gasteiger partial charge on any atom is -0.477 e. The SMILES string of the molecule is CC[C@@H](C(=O)N1CCOCC1)N(C(=O)C1CCC(C)CC1)c1cc(C#CC(C)C)sc1C(=O)O. The van der Waals surface area contributed by atoms with E-state index >= 15 is 0 Å². The number of aromatic carboxylic acids is 1. The number of carboxylic acids is 1. The molecule has 0 radical (unpaired) electrons. The molecule has 1 saturated carbocycles. The Morgan fingerprint density at radius 1 is 1.21 bits per heavy atom. The number of ether oxygens (including phenoxy) is 1. The largest absolute Gasteiger partial charge is 0.477 e. The van der Waals surface area contributed by atoms with Gasteiger partial charge in [0.1, 0.15) is 10.9 Å². The zero-order valence-electron chi connectivity index (χ0n) is 20.6. The smallest absolute Gasteiger partial charge is 0.348 e. The van der Waals surface area contributed by atoms with Crippen molar-refractivity contribution in [1.29, 1.82) is 0 Å². The Kier molecular flexibility index (Phi) is 9.15. The van der Waals surface area contributed by atoms with Crippen LogP contribution in [0.25, 0.3) is 0 Å². The van der Waals surface area contributed by atoms with Crippen LogP contribution in [0, 0.1) is 29.6 Å². The normalized spacial score (nSPS) is 21.5. The van der Waals surface area contributed by atoms with Crippen LogP contribution in [-0.4, -0.2) is 60.1 Å². The number of carbonyl (C=O) groups is 3. The van der Waals surface area contributed by atoms with Gasteiger partial charge in [0, 0.05) is 24.9 Å². The molecule has 0 unspecified atom stereocenters. The van der Waals surface area contributed by atoms with E-state index in [9.17, 15) is 19.5 Å². The van der Waals surface area contributed by atoms with Gasteiger partial charge in [-0.25, -0.2) is 4.79 Å². The first-order chi connectivity index (χ1) is 16.2. The summed E-state index contributed by atoms with van der Waals surface area (Å²) in [6.45, 7) is 9.86. The molecule has 1 aliphatic heterocycles. The molecule has 3 rings (SSSR count). The molecular weight excluding hydrogens is 452 g/mol. The monoisotopic (exact) mass is 488 g/mol. The van der Waals surface area contributed by atoms with Crippen LogP contribution in [0.2, 0.25) is 0 Å². The number of thiophene rings is 1. The van der Waals surface area contributed by atoms with Crippen LogP contribution in [0.4, 0.5) is 5.69 Å². The highest BCUT2D eigenvalue weighted by Gasteiger charge is 2.39. The molecule has 1 N–H and O–H groups in total. The number of hydrogen-bond acceptors (Lipinski definition) is 5. The predicted octanol–water partition coefficient (Wildman–Crippen LogP) is 4.25. The van der Waals surface area contributed by atoms with Gasteiger partial charge in [-0.3, -0.25) is 14.5 Å². The second-order valence-corrected chi connectivity index (χ2v) is 10.6. The van der Waals surface area contributed by atoms with E-state index in [0.717, 1.165) is 37.0 Å². The maximum absolute atomic E-state index is 13.9. The zero-order chi connectivity index (χ0) is 24.8. The second kappa shape index (κ2) is 11.9. The first-order valence-electron chi connectivity index (χ1n) is 12.3. The molecule has 2 fully saturated rings. The second-order valence-electron chi connectivity index (χ2n) is 9.58. The highest BCUT2D eigenvalue weighted by atomic mass is 32.1. The van der Waals surface area contributed by atoms with Gasteiger partial charge in [-0.15, -0.1) is 11.3 Å². The van der Waals surface area contributed by atoms with E-state index < -0.39 is 12.0 Å². The number of morpholine rings is 1. The van der Waals surface area contributed by atoms with Crippen LogP contribution in [0.15, 0.2) is 6.07 Å². The molecule has 0 aromatic carbocycles. The average molecular weight is 489 g/mol. The Labute approximate surface area is 206 Å². The summed E-state index contributed by atoms with van der Waals surface area (Å²) in [7, 11) is 0. The molecule has 2 aliphatic rings. The number of anilines is 1. The molecular formula is C26H36N2O5S. The maximum Gasteiger partial charge on any atom is 0.348 e. The van der Waals surface area contributed by atoms with E-state index in [1.54, 1.807) is 11.0 Å². The van der Waals surface area contributed by atoms with Gasteiger partial charge in [-0.05, 0) is 44.1 Å². The summed E-state index contributed by atoms with van der Waals surface area (Å²) < 4.78 is 5.40. The third-order valence-corrected chi connectivity index (χ3v) is 7.59. The molecule has 34 heavy (non-hydrogen) atoms. The lowest BCUT2D eigenvalue weighted by Crippen LogP contribution is -2.55. The molecule has 1 saturated heterocycles. The van der Waals surface area contributed by atoms with Crippen LogP contribution in [0.5, 0.6) is 0 Å². The van der Waals surface area contributed by atoms with E-state index in [2.05, 4.69) is 18.8 Å². The van der Waals surface area contributed by atoms with Crippen LogP contribution < -0.4 is 4.90 Å². The Hall–Kier alpha value is -2.37. The number of hydrogen-bond donors (Lipinski definition) is 1. The maximum atomic E-state index is 13.9. The van der Waals surface area contributed by atoms with E-state index in [0.29, 0.717) is 49.2 Å². The summed E-state index contributed by atoms with van der Waals surface area (Å²) in [6.07, 6.45) is 3.82. The fourth-order valence-electron chi connectivity index (χ4n) is 4.60. The van der Waals surface area contributed by atoms with Crippen LogP contribution in [0.1, 0.15) is 74.3 Å². The molecule has 1 aromatic heterocycles. The van der Waals surface area contributed by atoms with Gasteiger partial charge in [0.25, 0.3) is 0 Å². The van der Waals surface area contributed by atoms with Gasteiger partial charge in [0.05, 0.1) is 23.8 Å². The standard InChI is InChI=1S/C26H36N2O5S/c1-5-21(25(30)27-12-14-33-15-13-27)28(24(29)19-9-7-18(4)8-10-19)22-16-20(11-6-17(2)3)34-23(22)26(31)32/h16-19,21H,5,7-10,12-15H2,1-4H3,(H,31,32)/t18?,19?,21-/m0/s1. The molecule has 1 aromatic rings. The highest BCUT2D eigenvalue weighted by molar-refractivity contribution is 7.15. The quantitative estimate of drug-likeness (QED) is 0.605. The molecule has 7 nitrogen and oxygen atoms in total. The van der Waals surface area contributed by atoms with Crippen molar-refractivity contribution >= 4 is 34.8 Å². The van der Waals surface area contributed by atoms with Crippen molar-refractivity contribution in [3.05, 3.63) is 15.8 Å². The zero-order valence-corrected chi connectivity index (χ0v) is 21.5. The molecule has 8 heteroatoms. The molecule has 1 atom stereocenters. The topological polar surface area (TPSA) is 87.2 Å². The summed E-state index contributed by atoms with van der Waals surface area (Å²) in [5, 5.41) is 9.99. The van der Waals surface area contributed by atoms with Gasteiger partial charge in [0.15, 0.2) is 0 Å². The first kappa shape index (κ1) is 26.2. The van der Waals surface area contributed by atoms with E-state index in [1.165, 1.54) is 4.90 Å². The summed E-state index contributed by atoms with van der Waals surface area (Å²) in [4.78, 5) is 43.6. The Balaban J connectivity index is 2.05. The summed E-state index contributed by atoms with van der Waals surface area (Å²) in [6, 6.07) is 0.922. The van der Waals surface area contributed by atoms with Crippen molar-refractivity contribution in [2.24, 2.45) is 17.8 Å². The Bertz CT molecular complexity index is 946. The number of carbonyl (C=O) groups excluding carboxylic acids is 2. The van der Waals surface area contributed by atoms with Gasteiger partial charge >= 0.3 is 5.97 Å². The lowest BCUT2D eigenvalue weighted by molar-refractivity contribution is -0.139. The molecule has 0 bridgehead atoms. The molecule has 2 amide bonds. The van der Waals surface area contributed by atoms with Gasteiger partial charge in [-0.1, -0.05) is 39.5 Å². The highest BCUT2D eigenvalue weighted by Crippen LogP contribution is 2.37. The van der Waals surface area contributed by atoms with Crippen molar-refractivity contribution in [1.82, 2.24) is 4.90 Å². The van der Waals surface area contributed by atoms with Crippen molar-refractivity contribution in [2.75, 3.05) is 31.2 Å². The predicted molar refractivity (Wildman–Crippen MR) is 133 cm³/mol. The van der Waals surface area contributed by atoms with Crippen LogP contribution in [-0.2, 0) is 14.3 Å². The van der Waals surface area contributed by atoms with Crippen LogP contribution in [0.3, 0.4) is 0 Å². The minimum atomic E-state index is -1.11.